The summed E-state index contributed by atoms with van der Waals surface area (Å²) in [4.78, 5) is 43.4. The molecule has 9 heteroatoms. The van der Waals surface area contributed by atoms with Crippen molar-refractivity contribution >= 4 is 39.9 Å². The van der Waals surface area contributed by atoms with Crippen LogP contribution in [0.4, 0.5) is 10.8 Å². The van der Waals surface area contributed by atoms with Crippen LogP contribution in [-0.4, -0.2) is 42.4 Å². The molecule has 0 atom stereocenters. The van der Waals surface area contributed by atoms with Crippen molar-refractivity contribution in [1.29, 1.82) is 0 Å². The molecule has 1 aliphatic rings. The molecular weight excluding hydrogens is 416 g/mol. The first-order chi connectivity index (χ1) is 14.9. The van der Waals surface area contributed by atoms with Gasteiger partial charge in [-0.25, -0.2) is 4.98 Å². The van der Waals surface area contributed by atoms with E-state index in [1.165, 1.54) is 16.2 Å². The number of ether oxygens (including phenoxy) is 1. The van der Waals surface area contributed by atoms with Crippen LogP contribution < -0.4 is 20.3 Å². The van der Waals surface area contributed by atoms with E-state index in [-0.39, 0.29) is 43.1 Å². The molecule has 8 nitrogen and oxygen atoms in total. The van der Waals surface area contributed by atoms with Gasteiger partial charge in [-0.3, -0.25) is 14.4 Å². The molecule has 3 amide bonds. The first-order valence-electron chi connectivity index (χ1n) is 10.4. The van der Waals surface area contributed by atoms with Crippen LogP contribution in [0.5, 0.6) is 5.75 Å². The Bertz CT molecular complexity index is 906. The molecule has 0 aliphatic heterocycles. The second kappa shape index (κ2) is 10.9. The largest absolute Gasteiger partial charge is 0.497 e. The normalized spacial score (nSPS) is 13.6. The van der Waals surface area contributed by atoms with Gasteiger partial charge in [-0.2, -0.15) is 0 Å². The maximum Gasteiger partial charge on any atom is 0.240 e. The summed E-state index contributed by atoms with van der Waals surface area (Å²) in [5.41, 5.74) is 1.42. The van der Waals surface area contributed by atoms with Crippen LogP contribution in [0.15, 0.2) is 29.6 Å². The van der Waals surface area contributed by atoms with Gasteiger partial charge in [0, 0.05) is 30.0 Å². The van der Waals surface area contributed by atoms with Crippen LogP contribution in [0, 0.1) is 6.92 Å². The fourth-order valence-corrected chi connectivity index (χ4v) is 4.23. The minimum Gasteiger partial charge on any atom is -0.497 e. The Morgan fingerprint density at radius 1 is 1.13 bits per heavy atom. The van der Waals surface area contributed by atoms with Gasteiger partial charge in [-0.05, 0) is 44.0 Å². The average Bonchev–Trinajstić information content (AvgIpc) is 3.42. The lowest BCUT2D eigenvalue weighted by Crippen LogP contribution is -2.43. The summed E-state index contributed by atoms with van der Waals surface area (Å²) in [7, 11) is 1.57. The third-order valence-electron chi connectivity index (χ3n) is 5.14. The standard InChI is InChI=1S/C22H28N4O4S/c1-15-14-31-22(23-15)25-19(27)11-12-21(29)26(17-7-9-18(30-2)10-8-17)13-20(28)24-16-5-3-4-6-16/h7-10,14,16H,3-6,11-13H2,1-2H3,(H,24,28)(H,23,25,27). The van der Waals surface area contributed by atoms with Gasteiger partial charge < -0.3 is 20.3 Å². The number of hydrogen-bond donors (Lipinski definition) is 2. The quantitative estimate of drug-likeness (QED) is 0.618. The van der Waals surface area contributed by atoms with Crippen molar-refractivity contribution in [2.75, 3.05) is 23.9 Å². The predicted octanol–water partition coefficient (Wildman–Crippen LogP) is 3.27. The van der Waals surface area contributed by atoms with E-state index in [4.69, 9.17) is 4.74 Å². The van der Waals surface area contributed by atoms with Crippen molar-refractivity contribution < 1.29 is 19.1 Å². The highest BCUT2D eigenvalue weighted by Gasteiger charge is 2.23. The Labute approximate surface area is 186 Å². The highest BCUT2D eigenvalue weighted by molar-refractivity contribution is 7.13. The van der Waals surface area contributed by atoms with E-state index in [1.807, 2.05) is 12.3 Å². The minimum atomic E-state index is -0.294. The van der Waals surface area contributed by atoms with Gasteiger partial charge in [-0.1, -0.05) is 12.8 Å². The highest BCUT2D eigenvalue weighted by Crippen LogP contribution is 2.22. The average molecular weight is 445 g/mol. The SMILES string of the molecule is COc1ccc(N(CC(=O)NC2CCCC2)C(=O)CCC(=O)Nc2nc(C)cs2)cc1. The number of thiazole rings is 1. The van der Waals surface area contributed by atoms with Crippen LogP contribution in [0.2, 0.25) is 0 Å². The second-order valence-electron chi connectivity index (χ2n) is 7.57. The Balaban J connectivity index is 1.62. The molecule has 0 radical (unpaired) electrons. The van der Waals surface area contributed by atoms with Gasteiger partial charge in [0.25, 0.3) is 0 Å². The zero-order valence-corrected chi connectivity index (χ0v) is 18.7. The van der Waals surface area contributed by atoms with E-state index in [0.717, 1.165) is 31.4 Å². The summed E-state index contributed by atoms with van der Waals surface area (Å²) in [6.45, 7) is 1.76. The maximum atomic E-state index is 13.0. The number of carbonyl (C=O) groups is 3. The van der Waals surface area contributed by atoms with E-state index >= 15 is 0 Å². The zero-order valence-electron chi connectivity index (χ0n) is 17.8. The predicted molar refractivity (Wildman–Crippen MR) is 120 cm³/mol. The van der Waals surface area contributed by atoms with Crippen LogP contribution in [0.3, 0.4) is 0 Å². The van der Waals surface area contributed by atoms with Crippen molar-refractivity contribution in [1.82, 2.24) is 10.3 Å². The van der Waals surface area contributed by atoms with E-state index in [2.05, 4.69) is 15.6 Å². The Morgan fingerprint density at radius 2 is 1.84 bits per heavy atom. The lowest BCUT2D eigenvalue weighted by atomic mass is 10.2. The van der Waals surface area contributed by atoms with Crippen LogP contribution in [-0.2, 0) is 14.4 Å². The summed E-state index contributed by atoms with van der Waals surface area (Å²) in [6, 6.07) is 7.12. The summed E-state index contributed by atoms with van der Waals surface area (Å²) in [5.74, 6) is -0.117. The summed E-state index contributed by atoms with van der Waals surface area (Å²) in [6.07, 6.45) is 4.16. The monoisotopic (exact) mass is 444 g/mol. The van der Waals surface area contributed by atoms with Gasteiger partial charge in [0.2, 0.25) is 17.7 Å². The smallest absolute Gasteiger partial charge is 0.240 e. The molecule has 0 bridgehead atoms. The Hall–Kier alpha value is -2.94. The third kappa shape index (κ3) is 6.78. The van der Waals surface area contributed by atoms with Crippen LogP contribution in [0.25, 0.3) is 0 Å². The maximum absolute atomic E-state index is 13.0. The first kappa shape index (κ1) is 22.7. The van der Waals surface area contributed by atoms with Gasteiger partial charge in [0.05, 0.1) is 12.8 Å². The number of anilines is 2. The molecule has 31 heavy (non-hydrogen) atoms. The van der Waals surface area contributed by atoms with Crippen molar-refractivity contribution in [3.8, 4) is 5.75 Å². The lowest BCUT2D eigenvalue weighted by Gasteiger charge is -2.23. The molecule has 0 unspecified atom stereocenters. The van der Waals surface area contributed by atoms with Gasteiger partial charge >= 0.3 is 0 Å². The number of aryl methyl sites for hydroxylation is 1. The van der Waals surface area contributed by atoms with Crippen LogP contribution >= 0.6 is 11.3 Å². The third-order valence-corrected chi connectivity index (χ3v) is 6.01. The molecule has 1 aromatic heterocycles. The lowest BCUT2D eigenvalue weighted by molar-refractivity contribution is -0.125. The molecule has 3 rings (SSSR count). The fourth-order valence-electron chi connectivity index (χ4n) is 3.52. The summed E-state index contributed by atoms with van der Waals surface area (Å²) in [5, 5.41) is 8.07. The number of amides is 3. The number of rotatable bonds is 9. The Morgan fingerprint density at radius 3 is 2.45 bits per heavy atom. The summed E-state index contributed by atoms with van der Waals surface area (Å²) < 4.78 is 5.18. The molecule has 1 aliphatic carbocycles. The molecule has 1 saturated carbocycles. The number of benzene rings is 1. The number of nitrogens with zero attached hydrogens (tertiary/aromatic N) is 2. The number of methoxy groups -OCH3 is 1. The fraction of sp³-hybridized carbons (Fsp3) is 0.455. The number of aromatic nitrogens is 1. The van der Waals surface area contributed by atoms with Crippen molar-refractivity contribution in [2.24, 2.45) is 0 Å². The molecule has 1 heterocycles. The number of nitrogens with one attached hydrogen (secondary N) is 2. The van der Waals surface area contributed by atoms with Crippen molar-refractivity contribution in [2.45, 2.75) is 51.5 Å². The molecule has 0 spiro atoms. The highest BCUT2D eigenvalue weighted by atomic mass is 32.1. The molecule has 1 fully saturated rings. The second-order valence-corrected chi connectivity index (χ2v) is 8.43. The summed E-state index contributed by atoms with van der Waals surface area (Å²) >= 11 is 1.34. The Kier molecular flexibility index (Phi) is 8.00. The molecule has 166 valence electrons. The van der Waals surface area contributed by atoms with Gasteiger partial charge in [-0.15, -0.1) is 11.3 Å². The topological polar surface area (TPSA) is 101 Å². The molecule has 2 N–H and O–H groups in total. The molecule has 1 aromatic carbocycles. The zero-order chi connectivity index (χ0) is 22.2. The number of carbonyl (C=O) groups excluding carboxylic acids is 3. The van der Waals surface area contributed by atoms with E-state index in [0.29, 0.717) is 16.6 Å². The van der Waals surface area contributed by atoms with Gasteiger partial charge in [0.15, 0.2) is 5.13 Å². The van der Waals surface area contributed by atoms with E-state index in [9.17, 15) is 14.4 Å². The van der Waals surface area contributed by atoms with Crippen molar-refractivity contribution in [3.63, 3.8) is 0 Å². The number of hydrogen-bond acceptors (Lipinski definition) is 6. The molecule has 2 aromatic rings. The molecular formula is C22H28N4O4S. The van der Waals surface area contributed by atoms with Crippen LogP contribution in [0.1, 0.15) is 44.2 Å². The van der Waals surface area contributed by atoms with E-state index < -0.39 is 0 Å². The molecule has 0 saturated heterocycles. The van der Waals surface area contributed by atoms with E-state index in [1.54, 1.807) is 31.4 Å². The minimum absolute atomic E-state index is 0.00829. The van der Waals surface area contributed by atoms with Crippen molar-refractivity contribution in [3.05, 3.63) is 35.3 Å². The van der Waals surface area contributed by atoms with Gasteiger partial charge in [0.1, 0.15) is 12.3 Å². The first-order valence-corrected chi connectivity index (χ1v) is 11.3.